The summed E-state index contributed by atoms with van der Waals surface area (Å²) in [6, 6.07) is 0. The molecule has 1 heterocycles. The minimum atomic E-state index is -4.56. The molecule has 0 radical (unpaired) electrons. The van der Waals surface area contributed by atoms with E-state index in [1.165, 1.54) is 0 Å². The number of carbonyl (C=O) groups is 1. The Balaban J connectivity index is 3.12. The largest absolute Gasteiger partial charge is 0.490 e. The third-order valence-electron chi connectivity index (χ3n) is 1.05. The van der Waals surface area contributed by atoms with Gasteiger partial charge in [0.05, 0.1) is 0 Å². The number of nitrogens with zero attached hydrogens (tertiary/aromatic N) is 2. The number of imidazole rings is 1. The summed E-state index contributed by atoms with van der Waals surface area (Å²) >= 11 is 0. The maximum absolute atomic E-state index is 11.8. The molecule has 0 unspecified atom stereocenters. The average Bonchev–Trinajstić information content (AvgIpc) is 2.31. The highest BCUT2D eigenvalue weighted by Gasteiger charge is 2.32. The first kappa shape index (κ1) is 7.77. The van der Waals surface area contributed by atoms with Crippen LogP contribution in [0.2, 0.25) is 0 Å². The number of aldehydes is 1. The van der Waals surface area contributed by atoms with Crippen LogP contribution in [0, 0.1) is 0 Å². The zero-order chi connectivity index (χ0) is 8.48. The molecule has 0 aliphatic heterocycles. The Kier molecular flexibility index (Phi) is 1.67. The van der Waals surface area contributed by atoms with Crippen LogP contribution in [0.4, 0.5) is 13.2 Å². The lowest BCUT2D eigenvalue weighted by Gasteiger charge is -2.06. The summed E-state index contributed by atoms with van der Waals surface area (Å²) in [5.41, 5.74) is 0. The van der Waals surface area contributed by atoms with Crippen molar-refractivity contribution in [2.75, 3.05) is 0 Å². The highest BCUT2D eigenvalue weighted by molar-refractivity contribution is 5.69. The van der Waals surface area contributed by atoms with Gasteiger partial charge in [0.25, 0.3) is 0 Å². The van der Waals surface area contributed by atoms with Crippen molar-refractivity contribution in [3.8, 4) is 0 Å². The lowest BCUT2D eigenvalue weighted by molar-refractivity contribution is -0.204. The molecule has 0 spiro atoms. The molecule has 0 N–H and O–H groups in total. The third kappa shape index (κ3) is 1.39. The second-order valence-corrected chi connectivity index (χ2v) is 1.74. The molecule has 0 atom stereocenters. The topological polar surface area (TPSA) is 34.9 Å². The van der Waals surface area contributed by atoms with Gasteiger partial charge >= 0.3 is 6.30 Å². The minimum Gasteiger partial charge on any atom is -0.294 e. The fraction of sp³-hybridized carbons (Fsp3) is 0.200. The van der Waals surface area contributed by atoms with Crippen molar-refractivity contribution in [2.24, 2.45) is 0 Å². The molecule has 11 heavy (non-hydrogen) atoms. The zero-order valence-corrected chi connectivity index (χ0v) is 5.17. The molecule has 1 aromatic heterocycles. The smallest absolute Gasteiger partial charge is 0.294 e. The van der Waals surface area contributed by atoms with Gasteiger partial charge in [0, 0.05) is 12.4 Å². The van der Waals surface area contributed by atoms with Gasteiger partial charge in [-0.2, -0.15) is 0 Å². The van der Waals surface area contributed by atoms with Crippen LogP contribution >= 0.6 is 0 Å². The van der Waals surface area contributed by atoms with E-state index in [0.717, 1.165) is 6.20 Å². The molecule has 0 aromatic carbocycles. The van der Waals surface area contributed by atoms with Crippen LogP contribution in [-0.2, 0) is 6.30 Å². The fourth-order valence-electron chi connectivity index (χ4n) is 0.617. The molecule has 0 fully saturated rings. The Morgan fingerprint density at radius 2 is 2.18 bits per heavy atom. The first-order valence-electron chi connectivity index (χ1n) is 2.61. The van der Waals surface area contributed by atoms with Gasteiger partial charge in [-0.1, -0.05) is 0 Å². The molecule has 0 saturated carbocycles. The number of rotatable bonds is 1. The van der Waals surface area contributed by atoms with Crippen molar-refractivity contribution in [1.82, 2.24) is 9.55 Å². The number of halogens is 3. The molecular weight excluding hydrogens is 161 g/mol. The van der Waals surface area contributed by atoms with Gasteiger partial charge in [0.2, 0.25) is 0 Å². The Bertz CT molecular complexity index is 265. The first-order valence-corrected chi connectivity index (χ1v) is 2.61. The molecule has 60 valence electrons. The summed E-state index contributed by atoms with van der Waals surface area (Å²) in [6.45, 7) is 0. The Morgan fingerprint density at radius 1 is 1.55 bits per heavy atom. The van der Waals surface area contributed by atoms with Crippen molar-refractivity contribution in [3.63, 3.8) is 0 Å². The van der Waals surface area contributed by atoms with Crippen molar-refractivity contribution < 1.29 is 18.0 Å². The molecule has 0 amide bonds. The summed E-state index contributed by atoms with van der Waals surface area (Å²) in [4.78, 5) is 13.1. The second kappa shape index (κ2) is 2.37. The van der Waals surface area contributed by atoms with E-state index in [1.54, 1.807) is 0 Å². The van der Waals surface area contributed by atoms with Gasteiger partial charge < -0.3 is 0 Å². The van der Waals surface area contributed by atoms with E-state index in [2.05, 4.69) is 4.98 Å². The summed E-state index contributed by atoms with van der Waals surface area (Å²) in [5.74, 6) is -0.641. The third-order valence-corrected chi connectivity index (χ3v) is 1.05. The van der Waals surface area contributed by atoms with Gasteiger partial charge in [-0.3, -0.25) is 4.79 Å². The van der Waals surface area contributed by atoms with Crippen LogP contribution in [0.5, 0.6) is 0 Å². The van der Waals surface area contributed by atoms with Crippen LogP contribution in [0.15, 0.2) is 12.4 Å². The van der Waals surface area contributed by atoms with Crippen LogP contribution in [-0.4, -0.2) is 15.8 Å². The van der Waals surface area contributed by atoms with E-state index in [4.69, 9.17) is 0 Å². The molecule has 0 aliphatic rings. The highest BCUT2D eigenvalue weighted by atomic mass is 19.4. The Labute approximate surface area is 59.5 Å². The minimum absolute atomic E-state index is 0.0491. The van der Waals surface area contributed by atoms with Crippen LogP contribution < -0.4 is 0 Å². The quantitative estimate of drug-likeness (QED) is 0.584. The SMILES string of the molecule is O=Cc1nccn1C(F)(F)F. The van der Waals surface area contributed by atoms with Gasteiger partial charge in [-0.15, -0.1) is 13.2 Å². The van der Waals surface area contributed by atoms with E-state index in [-0.39, 0.29) is 10.9 Å². The predicted octanol–water partition coefficient (Wildman–Crippen LogP) is 1.17. The van der Waals surface area contributed by atoms with Gasteiger partial charge in [0.15, 0.2) is 12.1 Å². The monoisotopic (exact) mass is 164 g/mol. The van der Waals surface area contributed by atoms with E-state index in [1.807, 2.05) is 0 Å². The van der Waals surface area contributed by atoms with Crippen LogP contribution in [0.25, 0.3) is 0 Å². The standard InChI is InChI=1S/C5H3F3N2O/c6-5(7,8)10-2-1-9-4(10)3-11/h1-3H. The summed E-state index contributed by atoms with van der Waals surface area (Å²) in [5, 5.41) is 0. The number of hydrogen-bond donors (Lipinski definition) is 0. The molecule has 6 heteroatoms. The van der Waals surface area contributed by atoms with Crippen molar-refractivity contribution in [3.05, 3.63) is 18.2 Å². The van der Waals surface area contributed by atoms with Crippen molar-refractivity contribution in [2.45, 2.75) is 6.30 Å². The van der Waals surface area contributed by atoms with Gasteiger partial charge in [-0.25, -0.2) is 9.55 Å². The fourth-order valence-corrected chi connectivity index (χ4v) is 0.617. The van der Waals surface area contributed by atoms with Gasteiger partial charge in [0.1, 0.15) is 0 Å². The predicted molar refractivity (Wildman–Crippen MR) is 28.9 cm³/mol. The van der Waals surface area contributed by atoms with Crippen LogP contribution in [0.3, 0.4) is 0 Å². The van der Waals surface area contributed by atoms with E-state index < -0.39 is 12.1 Å². The zero-order valence-electron chi connectivity index (χ0n) is 5.17. The number of alkyl halides is 3. The molecule has 0 saturated heterocycles. The molecular formula is C5H3F3N2O. The van der Waals surface area contributed by atoms with E-state index >= 15 is 0 Å². The number of aromatic nitrogens is 2. The summed E-state index contributed by atoms with van der Waals surface area (Å²) < 4.78 is 35.3. The lowest BCUT2D eigenvalue weighted by atomic mass is 10.7. The van der Waals surface area contributed by atoms with Crippen molar-refractivity contribution in [1.29, 1.82) is 0 Å². The maximum atomic E-state index is 11.8. The highest BCUT2D eigenvalue weighted by Crippen LogP contribution is 2.22. The van der Waals surface area contributed by atoms with E-state index in [9.17, 15) is 18.0 Å². The van der Waals surface area contributed by atoms with Crippen molar-refractivity contribution >= 4 is 6.29 Å². The second-order valence-electron chi connectivity index (χ2n) is 1.74. The van der Waals surface area contributed by atoms with E-state index in [0.29, 0.717) is 6.20 Å². The average molecular weight is 164 g/mol. The lowest BCUT2D eigenvalue weighted by Crippen LogP contribution is -2.18. The molecule has 0 bridgehead atoms. The Morgan fingerprint density at radius 3 is 2.55 bits per heavy atom. The summed E-state index contributed by atoms with van der Waals surface area (Å²) in [6.07, 6.45) is -2.92. The molecule has 1 rings (SSSR count). The number of carbonyl (C=O) groups excluding carboxylic acids is 1. The normalized spacial score (nSPS) is 11.5. The Hall–Kier alpha value is -1.33. The molecule has 0 aliphatic carbocycles. The molecule has 1 aromatic rings. The summed E-state index contributed by atoms with van der Waals surface area (Å²) in [7, 11) is 0. The number of hydrogen-bond acceptors (Lipinski definition) is 2. The van der Waals surface area contributed by atoms with Gasteiger partial charge in [-0.05, 0) is 0 Å². The van der Waals surface area contributed by atoms with Crippen LogP contribution in [0.1, 0.15) is 10.6 Å². The first-order chi connectivity index (χ1) is 5.05. The molecule has 3 nitrogen and oxygen atoms in total. The maximum Gasteiger partial charge on any atom is 0.490 e.